The van der Waals surface area contributed by atoms with E-state index in [-0.39, 0.29) is 0 Å². The van der Waals surface area contributed by atoms with Crippen LogP contribution in [0.25, 0.3) is 0 Å². The molecular formula is C15H26N2. The van der Waals surface area contributed by atoms with Gasteiger partial charge in [0.1, 0.15) is 0 Å². The molecule has 1 N–H and O–H groups in total. The summed E-state index contributed by atoms with van der Waals surface area (Å²) in [5.41, 5.74) is 2.64. The maximum atomic E-state index is 3.44. The number of benzene rings is 1. The van der Waals surface area contributed by atoms with Crippen molar-refractivity contribution in [3.05, 3.63) is 29.8 Å². The maximum absolute atomic E-state index is 3.44. The maximum Gasteiger partial charge on any atom is 0.0361 e. The number of rotatable bonds is 6. The van der Waals surface area contributed by atoms with Gasteiger partial charge >= 0.3 is 0 Å². The average molecular weight is 234 g/mol. The molecule has 2 nitrogen and oxygen atoms in total. The molecule has 0 bridgehead atoms. The number of nitrogens with one attached hydrogen (secondary N) is 1. The van der Waals surface area contributed by atoms with Crippen LogP contribution >= 0.6 is 0 Å². The molecule has 0 fully saturated rings. The van der Waals surface area contributed by atoms with E-state index in [1.807, 2.05) is 0 Å². The van der Waals surface area contributed by atoms with Gasteiger partial charge in [0.25, 0.3) is 0 Å². The molecule has 0 saturated carbocycles. The summed E-state index contributed by atoms with van der Waals surface area (Å²) in [6, 6.07) is 9.33. The Morgan fingerprint density at radius 3 is 2.18 bits per heavy atom. The lowest BCUT2D eigenvalue weighted by atomic mass is 9.91. The van der Waals surface area contributed by atoms with Crippen LogP contribution in [0.15, 0.2) is 24.3 Å². The average Bonchev–Trinajstić information content (AvgIpc) is 2.31. The Labute approximate surface area is 106 Å². The molecule has 0 aliphatic rings. The largest absolute Gasteiger partial charge is 0.378 e. The van der Waals surface area contributed by atoms with Crippen molar-refractivity contribution in [3.8, 4) is 0 Å². The zero-order valence-electron chi connectivity index (χ0n) is 11.8. The van der Waals surface area contributed by atoms with E-state index in [2.05, 4.69) is 69.5 Å². The molecule has 0 spiro atoms. The molecule has 1 rings (SSSR count). The zero-order chi connectivity index (χ0) is 12.8. The highest BCUT2D eigenvalue weighted by Crippen LogP contribution is 2.26. The molecule has 0 aliphatic heterocycles. The van der Waals surface area contributed by atoms with E-state index < -0.39 is 0 Å². The summed E-state index contributed by atoms with van der Waals surface area (Å²) in [6.07, 6.45) is 2.51. The molecule has 0 heterocycles. The Bertz CT molecular complexity index is 316. The van der Waals surface area contributed by atoms with Crippen LogP contribution in [0.3, 0.4) is 0 Å². The summed E-state index contributed by atoms with van der Waals surface area (Å²) in [5.74, 6) is 0.676. The fourth-order valence-electron chi connectivity index (χ4n) is 2.38. The van der Waals surface area contributed by atoms with E-state index in [9.17, 15) is 0 Å². The van der Waals surface area contributed by atoms with E-state index in [0.717, 1.165) is 0 Å². The smallest absolute Gasteiger partial charge is 0.0361 e. The van der Waals surface area contributed by atoms with Gasteiger partial charge in [-0.25, -0.2) is 0 Å². The van der Waals surface area contributed by atoms with Gasteiger partial charge in [-0.1, -0.05) is 32.4 Å². The minimum atomic E-state index is 0.464. The van der Waals surface area contributed by atoms with E-state index in [1.165, 1.54) is 24.1 Å². The lowest BCUT2D eigenvalue weighted by Crippen LogP contribution is -2.23. The molecule has 0 aliphatic carbocycles. The summed E-state index contributed by atoms with van der Waals surface area (Å²) < 4.78 is 0. The normalized spacial score (nSPS) is 14.4. The minimum Gasteiger partial charge on any atom is -0.378 e. The highest BCUT2D eigenvalue weighted by atomic mass is 15.1. The number of hydrogen-bond acceptors (Lipinski definition) is 2. The fraction of sp³-hybridized carbons (Fsp3) is 0.600. The van der Waals surface area contributed by atoms with Crippen LogP contribution < -0.4 is 10.2 Å². The quantitative estimate of drug-likeness (QED) is 0.811. The van der Waals surface area contributed by atoms with E-state index in [1.54, 1.807) is 0 Å². The summed E-state index contributed by atoms with van der Waals surface area (Å²) in [6.45, 7) is 4.57. The molecule has 2 unspecified atom stereocenters. The zero-order valence-corrected chi connectivity index (χ0v) is 11.8. The van der Waals surface area contributed by atoms with Crippen molar-refractivity contribution in [2.75, 3.05) is 26.0 Å². The molecular weight excluding hydrogens is 208 g/mol. The van der Waals surface area contributed by atoms with E-state index in [4.69, 9.17) is 0 Å². The van der Waals surface area contributed by atoms with Gasteiger partial charge in [0.2, 0.25) is 0 Å². The van der Waals surface area contributed by atoms with Crippen molar-refractivity contribution >= 4 is 5.69 Å². The van der Waals surface area contributed by atoms with Crippen molar-refractivity contribution < 1.29 is 0 Å². The van der Waals surface area contributed by atoms with Crippen LogP contribution in [0.2, 0.25) is 0 Å². The summed E-state index contributed by atoms with van der Waals surface area (Å²) >= 11 is 0. The minimum absolute atomic E-state index is 0.464. The first-order chi connectivity index (χ1) is 8.10. The van der Waals surface area contributed by atoms with Crippen LogP contribution in [0.5, 0.6) is 0 Å². The molecule has 0 saturated heterocycles. The second-order valence-electron chi connectivity index (χ2n) is 5.02. The summed E-state index contributed by atoms with van der Waals surface area (Å²) in [7, 11) is 6.20. The van der Waals surface area contributed by atoms with Crippen LogP contribution in [0.1, 0.15) is 38.3 Å². The van der Waals surface area contributed by atoms with Gasteiger partial charge in [-0.3, -0.25) is 0 Å². The third-order valence-electron chi connectivity index (χ3n) is 3.39. The second kappa shape index (κ2) is 6.65. The monoisotopic (exact) mass is 234 g/mol. The highest BCUT2D eigenvalue weighted by molar-refractivity contribution is 5.46. The van der Waals surface area contributed by atoms with Crippen LogP contribution in [0, 0.1) is 5.92 Å². The first-order valence-electron chi connectivity index (χ1n) is 6.54. The van der Waals surface area contributed by atoms with Gasteiger partial charge < -0.3 is 10.2 Å². The Morgan fingerprint density at radius 1 is 1.18 bits per heavy atom. The van der Waals surface area contributed by atoms with Gasteiger partial charge in [0, 0.05) is 25.8 Å². The number of nitrogens with zero attached hydrogens (tertiary/aromatic N) is 1. The van der Waals surface area contributed by atoms with Crippen molar-refractivity contribution in [2.24, 2.45) is 5.92 Å². The molecule has 0 aromatic heterocycles. The first-order valence-corrected chi connectivity index (χ1v) is 6.54. The van der Waals surface area contributed by atoms with Gasteiger partial charge in [-0.05, 0) is 37.1 Å². The Kier molecular flexibility index (Phi) is 5.49. The number of hydrogen-bond donors (Lipinski definition) is 1. The van der Waals surface area contributed by atoms with Crippen molar-refractivity contribution in [1.82, 2.24) is 5.32 Å². The molecule has 1 aromatic rings. The lowest BCUT2D eigenvalue weighted by Gasteiger charge is -2.24. The predicted octanol–water partition coefficient (Wildman–Crippen LogP) is 3.45. The SMILES string of the molecule is CCCC(C)C(NC)c1ccc(N(C)C)cc1. The molecule has 0 radical (unpaired) electrons. The topological polar surface area (TPSA) is 15.3 Å². The van der Waals surface area contributed by atoms with Crippen molar-refractivity contribution in [2.45, 2.75) is 32.7 Å². The van der Waals surface area contributed by atoms with Crippen molar-refractivity contribution in [3.63, 3.8) is 0 Å². The Hall–Kier alpha value is -1.02. The van der Waals surface area contributed by atoms with Gasteiger partial charge in [0.15, 0.2) is 0 Å². The van der Waals surface area contributed by atoms with Gasteiger partial charge in [0.05, 0.1) is 0 Å². The molecule has 0 amide bonds. The van der Waals surface area contributed by atoms with Crippen LogP contribution in [0.4, 0.5) is 5.69 Å². The number of anilines is 1. The van der Waals surface area contributed by atoms with E-state index >= 15 is 0 Å². The first kappa shape index (κ1) is 14.0. The molecule has 1 aromatic carbocycles. The second-order valence-corrected chi connectivity index (χ2v) is 5.02. The third-order valence-corrected chi connectivity index (χ3v) is 3.39. The molecule has 2 heteroatoms. The highest BCUT2D eigenvalue weighted by Gasteiger charge is 2.16. The summed E-state index contributed by atoms with van der Waals surface area (Å²) in [4.78, 5) is 2.13. The molecule has 96 valence electrons. The van der Waals surface area contributed by atoms with Gasteiger partial charge in [-0.2, -0.15) is 0 Å². The fourth-order valence-corrected chi connectivity index (χ4v) is 2.38. The standard InChI is InChI=1S/C15H26N2/c1-6-7-12(2)15(16-3)13-8-10-14(11-9-13)17(4)5/h8-12,15-16H,6-7H2,1-5H3. The van der Waals surface area contributed by atoms with E-state index in [0.29, 0.717) is 12.0 Å². The van der Waals surface area contributed by atoms with Gasteiger partial charge in [-0.15, -0.1) is 0 Å². The summed E-state index contributed by atoms with van der Waals surface area (Å²) in [5, 5.41) is 3.44. The van der Waals surface area contributed by atoms with Crippen LogP contribution in [-0.4, -0.2) is 21.1 Å². The lowest BCUT2D eigenvalue weighted by molar-refractivity contribution is 0.384. The predicted molar refractivity (Wildman–Crippen MR) is 76.6 cm³/mol. The Balaban J connectivity index is 2.82. The van der Waals surface area contributed by atoms with Crippen LogP contribution in [-0.2, 0) is 0 Å². The molecule has 2 atom stereocenters. The third kappa shape index (κ3) is 3.74. The molecule has 17 heavy (non-hydrogen) atoms. The van der Waals surface area contributed by atoms with Crippen molar-refractivity contribution in [1.29, 1.82) is 0 Å². The Morgan fingerprint density at radius 2 is 1.76 bits per heavy atom.